The second-order valence-corrected chi connectivity index (χ2v) is 4.26. The topological polar surface area (TPSA) is 46.5 Å². The minimum atomic E-state index is -0.621. The smallest absolute Gasteiger partial charge is 0.333 e. The summed E-state index contributed by atoms with van der Waals surface area (Å²) in [5.41, 5.74) is 1.18. The van der Waals surface area contributed by atoms with E-state index in [0.717, 1.165) is 12.0 Å². The Bertz CT molecular complexity index is 397. The van der Waals surface area contributed by atoms with Crippen LogP contribution in [0.5, 0.6) is 0 Å². The van der Waals surface area contributed by atoms with Gasteiger partial charge in [0.05, 0.1) is 13.2 Å². The third-order valence-corrected chi connectivity index (χ3v) is 2.95. The van der Waals surface area contributed by atoms with Gasteiger partial charge in [-0.1, -0.05) is 50.3 Å². The van der Waals surface area contributed by atoms with Crippen LogP contribution in [0.1, 0.15) is 31.2 Å². The van der Waals surface area contributed by atoms with Gasteiger partial charge in [-0.2, -0.15) is 0 Å². The number of rotatable bonds is 6. The fourth-order valence-electron chi connectivity index (χ4n) is 2.04. The molecule has 0 saturated carbocycles. The summed E-state index contributed by atoms with van der Waals surface area (Å²) in [6, 6.07) is 9.43. The molecule has 18 heavy (non-hydrogen) atoms. The SMILES string of the molecule is C=C(C(=O)OC)[C@@H](c1ccccc1)[C@H](O)CCC. The number of aliphatic hydroxyl groups is 1. The lowest BCUT2D eigenvalue weighted by Gasteiger charge is -2.24. The highest BCUT2D eigenvalue weighted by Gasteiger charge is 2.27. The molecule has 1 N–H and O–H groups in total. The van der Waals surface area contributed by atoms with Crippen LogP contribution in [0.3, 0.4) is 0 Å². The van der Waals surface area contributed by atoms with Crippen molar-refractivity contribution >= 4 is 5.97 Å². The molecular formula is C15H20O3. The Morgan fingerprint density at radius 1 is 1.39 bits per heavy atom. The molecule has 0 spiro atoms. The monoisotopic (exact) mass is 248 g/mol. The Kier molecular flexibility index (Phi) is 5.59. The molecule has 0 unspecified atom stereocenters. The van der Waals surface area contributed by atoms with E-state index in [0.29, 0.717) is 12.0 Å². The van der Waals surface area contributed by atoms with Gasteiger partial charge >= 0.3 is 5.97 Å². The quantitative estimate of drug-likeness (QED) is 0.622. The average molecular weight is 248 g/mol. The molecule has 1 aromatic rings. The molecule has 0 saturated heterocycles. The van der Waals surface area contributed by atoms with Crippen molar-refractivity contribution in [2.45, 2.75) is 31.8 Å². The molecular weight excluding hydrogens is 228 g/mol. The third-order valence-electron chi connectivity index (χ3n) is 2.95. The van der Waals surface area contributed by atoms with E-state index in [1.807, 2.05) is 37.3 Å². The van der Waals surface area contributed by atoms with Crippen molar-refractivity contribution in [2.75, 3.05) is 7.11 Å². The number of carbonyl (C=O) groups is 1. The van der Waals surface area contributed by atoms with E-state index in [4.69, 9.17) is 4.74 Å². The normalized spacial score (nSPS) is 13.7. The van der Waals surface area contributed by atoms with Crippen LogP contribution in [0.15, 0.2) is 42.5 Å². The number of ether oxygens (including phenoxy) is 1. The van der Waals surface area contributed by atoms with E-state index in [9.17, 15) is 9.90 Å². The first kappa shape index (κ1) is 14.5. The summed E-state index contributed by atoms with van der Waals surface area (Å²) >= 11 is 0. The van der Waals surface area contributed by atoms with Gasteiger partial charge in [0.15, 0.2) is 0 Å². The average Bonchev–Trinajstić information content (AvgIpc) is 2.39. The molecule has 1 aromatic carbocycles. The molecule has 0 amide bonds. The molecule has 0 aliphatic rings. The van der Waals surface area contributed by atoms with E-state index in [1.165, 1.54) is 7.11 Å². The number of hydrogen-bond donors (Lipinski definition) is 1. The molecule has 0 heterocycles. The molecule has 2 atom stereocenters. The van der Waals surface area contributed by atoms with Crippen molar-refractivity contribution in [2.24, 2.45) is 0 Å². The van der Waals surface area contributed by atoms with Gasteiger partial charge < -0.3 is 9.84 Å². The number of benzene rings is 1. The predicted molar refractivity (Wildman–Crippen MR) is 71.3 cm³/mol. The summed E-state index contributed by atoms with van der Waals surface area (Å²) in [5, 5.41) is 10.2. The van der Waals surface area contributed by atoms with Crippen LogP contribution in [0.25, 0.3) is 0 Å². The number of aliphatic hydroxyl groups excluding tert-OH is 1. The lowest BCUT2D eigenvalue weighted by atomic mass is 9.85. The molecule has 0 fully saturated rings. The zero-order valence-corrected chi connectivity index (χ0v) is 10.9. The molecule has 98 valence electrons. The van der Waals surface area contributed by atoms with Crippen LogP contribution in [0, 0.1) is 0 Å². The Balaban J connectivity index is 3.03. The largest absolute Gasteiger partial charge is 0.466 e. The first-order valence-electron chi connectivity index (χ1n) is 6.11. The highest BCUT2D eigenvalue weighted by molar-refractivity contribution is 5.89. The van der Waals surface area contributed by atoms with Gasteiger partial charge in [0.25, 0.3) is 0 Å². The molecule has 1 rings (SSSR count). The number of esters is 1. The third kappa shape index (κ3) is 3.44. The lowest BCUT2D eigenvalue weighted by molar-refractivity contribution is -0.136. The summed E-state index contributed by atoms with van der Waals surface area (Å²) in [5.74, 6) is -0.877. The van der Waals surface area contributed by atoms with Crippen molar-refractivity contribution in [1.82, 2.24) is 0 Å². The van der Waals surface area contributed by atoms with Crippen molar-refractivity contribution < 1.29 is 14.6 Å². The van der Waals surface area contributed by atoms with Crippen LogP contribution in [0.2, 0.25) is 0 Å². The lowest BCUT2D eigenvalue weighted by Crippen LogP contribution is -2.24. The van der Waals surface area contributed by atoms with Crippen molar-refractivity contribution in [3.8, 4) is 0 Å². The van der Waals surface area contributed by atoms with Gasteiger partial charge in [0.1, 0.15) is 0 Å². The molecule has 0 aliphatic carbocycles. The minimum absolute atomic E-state index is 0.296. The van der Waals surface area contributed by atoms with E-state index in [1.54, 1.807) is 0 Å². The maximum atomic E-state index is 11.6. The first-order valence-corrected chi connectivity index (χ1v) is 6.11. The second kappa shape index (κ2) is 6.97. The van der Waals surface area contributed by atoms with E-state index < -0.39 is 18.0 Å². The first-order chi connectivity index (χ1) is 8.61. The molecule has 0 bridgehead atoms. The van der Waals surface area contributed by atoms with Gasteiger partial charge in [-0.15, -0.1) is 0 Å². The fourth-order valence-corrected chi connectivity index (χ4v) is 2.04. The van der Waals surface area contributed by atoms with Crippen molar-refractivity contribution in [1.29, 1.82) is 0 Å². The Labute approximate surface area is 108 Å². The molecule has 0 radical (unpaired) electrons. The predicted octanol–water partition coefficient (Wildman–Crippen LogP) is 2.66. The van der Waals surface area contributed by atoms with Gasteiger partial charge in [0, 0.05) is 11.5 Å². The van der Waals surface area contributed by atoms with Crippen LogP contribution in [0.4, 0.5) is 0 Å². The molecule has 0 aromatic heterocycles. The second-order valence-electron chi connectivity index (χ2n) is 4.26. The standard InChI is InChI=1S/C15H20O3/c1-4-8-13(16)14(11(2)15(17)18-3)12-9-6-5-7-10-12/h5-7,9-10,13-14,16H,2,4,8H2,1,3H3/t13-,14+/m1/s1. The minimum Gasteiger partial charge on any atom is -0.466 e. The Morgan fingerprint density at radius 3 is 2.50 bits per heavy atom. The summed E-state index contributed by atoms with van der Waals surface area (Å²) in [7, 11) is 1.32. The highest BCUT2D eigenvalue weighted by Crippen LogP contribution is 2.29. The summed E-state index contributed by atoms with van der Waals surface area (Å²) in [4.78, 5) is 11.6. The Hall–Kier alpha value is -1.61. The molecule has 0 aliphatic heterocycles. The van der Waals surface area contributed by atoms with Gasteiger partial charge in [-0.05, 0) is 12.0 Å². The van der Waals surface area contributed by atoms with E-state index in [2.05, 4.69) is 6.58 Å². The zero-order valence-electron chi connectivity index (χ0n) is 10.9. The highest BCUT2D eigenvalue weighted by atomic mass is 16.5. The van der Waals surface area contributed by atoms with Gasteiger partial charge in [-0.3, -0.25) is 0 Å². The van der Waals surface area contributed by atoms with Crippen LogP contribution in [-0.2, 0) is 9.53 Å². The maximum absolute atomic E-state index is 11.6. The number of hydrogen-bond acceptors (Lipinski definition) is 3. The maximum Gasteiger partial charge on any atom is 0.333 e. The van der Waals surface area contributed by atoms with E-state index >= 15 is 0 Å². The van der Waals surface area contributed by atoms with Gasteiger partial charge in [0.2, 0.25) is 0 Å². The molecule has 3 nitrogen and oxygen atoms in total. The number of methoxy groups -OCH3 is 1. The fraction of sp³-hybridized carbons (Fsp3) is 0.400. The van der Waals surface area contributed by atoms with Crippen molar-refractivity contribution in [3.63, 3.8) is 0 Å². The van der Waals surface area contributed by atoms with Crippen LogP contribution in [-0.4, -0.2) is 24.3 Å². The molecule has 3 heteroatoms. The Morgan fingerprint density at radius 2 is 2.00 bits per heavy atom. The number of carbonyl (C=O) groups excluding carboxylic acids is 1. The summed E-state index contributed by atoms with van der Waals surface area (Å²) in [6.45, 7) is 5.76. The van der Waals surface area contributed by atoms with Crippen LogP contribution < -0.4 is 0 Å². The van der Waals surface area contributed by atoms with Crippen LogP contribution >= 0.6 is 0 Å². The van der Waals surface area contributed by atoms with Crippen molar-refractivity contribution in [3.05, 3.63) is 48.0 Å². The van der Waals surface area contributed by atoms with E-state index in [-0.39, 0.29) is 0 Å². The van der Waals surface area contributed by atoms with Gasteiger partial charge in [-0.25, -0.2) is 4.79 Å². The summed E-state index contributed by atoms with van der Waals surface area (Å²) < 4.78 is 4.69. The summed E-state index contributed by atoms with van der Waals surface area (Å²) in [6.07, 6.45) is 0.845. The zero-order chi connectivity index (χ0) is 13.5.